The van der Waals surface area contributed by atoms with Crippen LogP contribution >= 0.6 is 11.8 Å². The van der Waals surface area contributed by atoms with Crippen molar-refractivity contribution in [2.75, 3.05) is 7.11 Å². The van der Waals surface area contributed by atoms with Gasteiger partial charge in [0.15, 0.2) is 16.8 Å². The summed E-state index contributed by atoms with van der Waals surface area (Å²) in [5, 5.41) is 13.7. The molecule has 0 aliphatic heterocycles. The first-order chi connectivity index (χ1) is 14.8. The number of aromatic nitrogens is 5. The van der Waals surface area contributed by atoms with Crippen LogP contribution in [0.3, 0.4) is 0 Å². The molecule has 0 fully saturated rings. The van der Waals surface area contributed by atoms with Crippen molar-refractivity contribution in [3.05, 3.63) is 60.1 Å². The Morgan fingerprint density at radius 1 is 1.13 bits per heavy atom. The highest BCUT2D eigenvalue weighted by Crippen LogP contribution is 2.36. The van der Waals surface area contributed by atoms with E-state index in [0.717, 1.165) is 28.1 Å². The number of hydrogen-bond acceptors (Lipinski definition) is 8. The minimum atomic E-state index is -0.174. The number of hydrogen-bond donors (Lipinski definition) is 0. The van der Waals surface area contributed by atoms with Gasteiger partial charge in [0.1, 0.15) is 11.5 Å². The number of nitrogens with zero attached hydrogens (tertiary/aromatic N) is 5. The van der Waals surface area contributed by atoms with Gasteiger partial charge in [-0.05, 0) is 43.3 Å². The van der Waals surface area contributed by atoms with E-state index in [0.29, 0.717) is 18.3 Å². The average molecular weight is 440 g/mol. The zero-order chi connectivity index (χ0) is 22.0. The topological polar surface area (TPSA) is 92.0 Å². The van der Waals surface area contributed by atoms with E-state index in [-0.39, 0.29) is 10.7 Å². The minimum absolute atomic E-state index is 0.0909. The first-order valence-electron chi connectivity index (χ1n) is 9.96. The number of benzene rings is 1. The predicted molar refractivity (Wildman–Crippen MR) is 117 cm³/mol. The van der Waals surface area contributed by atoms with Crippen molar-refractivity contribution >= 4 is 11.8 Å². The fourth-order valence-corrected chi connectivity index (χ4v) is 3.82. The quantitative estimate of drug-likeness (QED) is 0.366. The molecule has 0 radical (unpaired) electrons. The smallest absolute Gasteiger partial charge is 0.239 e. The summed E-state index contributed by atoms with van der Waals surface area (Å²) in [5.41, 5.74) is 0.764. The van der Waals surface area contributed by atoms with Crippen LogP contribution in [0.25, 0.3) is 11.4 Å². The summed E-state index contributed by atoms with van der Waals surface area (Å²) in [4.78, 5) is 4.58. The fraction of sp³-hybridized carbons (Fsp3) is 0.364. The molecule has 8 nitrogen and oxygen atoms in total. The van der Waals surface area contributed by atoms with Gasteiger partial charge in [-0.1, -0.05) is 37.7 Å². The third-order valence-electron chi connectivity index (χ3n) is 4.70. The van der Waals surface area contributed by atoms with Crippen LogP contribution in [0.15, 0.2) is 56.8 Å². The van der Waals surface area contributed by atoms with E-state index in [1.165, 1.54) is 11.8 Å². The summed E-state index contributed by atoms with van der Waals surface area (Å²) < 4.78 is 18.4. The summed E-state index contributed by atoms with van der Waals surface area (Å²) >= 11 is 1.52. The van der Waals surface area contributed by atoms with E-state index in [9.17, 15) is 0 Å². The molecule has 0 aliphatic carbocycles. The Morgan fingerprint density at radius 2 is 1.90 bits per heavy atom. The van der Waals surface area contributed by atoms with E-state index in [2.05, 4.69) is 41.1 Å². The van der Waals surface area contributed by atoms with Crippen molar-refractivity contribution in [2.45, 2.75) is 50.1 Å². The van der Waals surface area contributed by atoms with Crippen molar-refractivity contribution in [1.82, 2.24) is 24.9 Å². The van der Waals surface area contributed by atoms with Crippen molar-refractivity contribution < 1.29 is 13.7 Å². The highest BCUT2D eigenvalue weighted by atomic mass is 32.2. The molecule has 1 atom stereocenters. The van der Waals surface area contributed by atoms with Crippen LogP contribution in [0, 0.1) is 0 Å². The lowest BCUT2D eigenvalue weighted by Crippen LogP contribution is -2.13. The third-order valence-corrected chi connectivity index (χ3v) is 5.77. The van der Waals surface area contributed by atoms with Gasteiger partial charge in [0.2, 0.25) is 5.89 Å². The zero-order valence-electron chi connectivity index (χ0n) is 18.2. The van der Waals surface area contributed by atoms with E-state index in [4.69, 9.17) is 13.7 Å². The second-order valence-electron chi connectivity index (χ2n) is 8.17. The molecule has 0 saturated heterocycles. The lowest BCUT2D eigenvalue weighted by molar-refractivity contribution is 0.364. The second-order valence-corrected chi connectivity index (χ2v) is 9.47. The minimum Gasteiger partial charge on any atom is -0.497 e. The van der Waals surface area contributed by atoms with E-state index >= 15 is 0 Å². The molecule has 1 aromatic carbocycles. The molecule has 0 amide bonds. The number of ether oxygens (including phenoxy) is 1. The number of methoxy groups -OCH3 is 1. The summed E-state index contributed by atoms with van der Waals surface area (Å²) in [7, 11) is 1.65. The summed E-state index contributed by atoms with van der Waals surface area (Å²) in [6.45, 7) is 8.69. The standard InChI is InChI=1S/C22H25N5O3S/c1-14(19-23-20(26-30-19)22(2,3)4)31-21-25-24-18(15-8-10-16(28-5)11-9-15)27(21)13-17-7-6-12-29-17/h6-12,14H,13H2,1-5H3. The van der Waals surface area contributed by atoms with E-state index in [1.807, 2.05) is 47.9 Å². The number of furan rings is 1. The first-order valence-corrected chi connectivity index (χ1v) is 10.8. The molecule has 9 heteroatoms. The number of thioether (sulfide) groups is 1. The molecule has 0 N–H and O–H groups in total. The molecule has 3 aromatic heterocycles. The van der Waals surface area contributed by atoms with Crippen LogP contribution in [0.2, 0.25) is 0 Å². The van der Waals surface area contributed by atoms with Gasteiger partial charge in [-0.2, -0.15) is 4.98 Å². The van der Waals surface area contributed by atoms with E-state index < -0.39 is 0 Å². The molecule has 0 aliphatic rings. The summed E-state index contributed by atoms with van der Waals surface area (Å²) in [6, 6.07) is 11.5. The molecular weight excluding hydrogens is 414 g/mol. The van der Waals surface area contributed by atoms with Crippen molar-refractivity contribution in [3.8, 4) is 17.1 Å². The van der Waals surface area contributed by atoms with Crippen molar-refractivity contribution in [2.24, 2.45) is 0 Å². The normalized spacial score (nSPS) is 12.8. The van der Waals surface area contributed by atoms with Gasteiger partial charge < -0.3 is 13.7 Å². The maximum atomic E-state index is 5.57. The van der Waals surface area contributed by atoms with Crippen LogP contribution in [0.4, 0.5) is 0 Å². The third kappa shape index (κ3) is 4.66. The van der Waals surface area contributed by atoms with Crippen molar-refractivity contribution in [3.63, 3.8) is 0 Å². The van der Waals surface area contributed by atoms with E-state index in [1.54, 1.807) is 13.4 Å². The van der Waals surface area contributed by atoms with Crippen LogP contribution in [0.5, 0.6) is 5.75 Å². The van der Waals surface area contributed by atoms with Gasteiger partial charge in [0, 0.05) is 11.0 Å². The van der Waals surface area contributed by atoms with Gasteiger partial charge in [0.05, 0.1) is 25.2 Å². The van der Waals surface area contributed by atoms with Gasteiger partial charge in [-0.25, -0.2) is 0 Å². The zero-order valence-corrected chi connectivity index (χ0v) is 19.0. The van der Waals surface area contributed by atoms with Crippen molar-refractivity contribution in [1.29, 1.82) is 0 Å². The molecule has 0 bridgehead atoms. The fourth-order valence-electron chi connectivity index (χ4n) is 2.94. The second kappa shape index (κ2) is 8.58. The monoisotopic (exact) mass is 439 g/mol. The van der Waals surface area contributed by atoms with Crippen LogP contribution in [-0.2, 0) is 12.0 Å². The molecule has 162 valence electrons. The van der Waals surface area contributed by atoms with Gasteiger partial charge in [-0.15, -0.1) is 10.2 Å². The van der Waals surface area contributed by atoms with Crippen LogP contribution in [0.1, 0.15) is 50.4 Å². The Kier molecular flexibility index (Phi) is 5.86. The molecular formula is C22H25N5O3S. The summed E-state index contributed by atoms with van der Waals surface area (Å²) in [6.07, 6.45) is 1.66. The van der Waals surface area contributed by atoms with Gasteiger partial charge in [-0.3, -0.25) is 4.57 Å². The lowest BCUT2D eigenvalue weighted by Gasteiger charge is -2.12. The molecule has 4 aromatic rings. The maximum Gasteiger partial charge on any atom is 0.239 e. The first kappa shape index (κ1) is 21.2. The Bertz CT molecular complexity index is 1130. The van der Waals surface area contributed by atoms with Crippen LogP contribution < -0.4 is 4.74 Å². The van der Waals surface area contributed by atoms with Crippen LogP contribution in [-0.4, -0.2) is 32.0 Å². The molecule has 4 rings (SSSR count). The lowest BCUT2D eigenvalue weighted by atomic mass is 9.96. The molecule has 1 unspecified atom stereocenters. The summed E-state index contributed by atoms with van der Waals surface area (Å²) in [5.74, 6) is 3.60. The predicted octanol–water partition coefficient (Wildman–Crippen LogP) is 5.13. The maximum absolute atomic E-state index is 5.57. The van der Waals surface area contributed by atoms with Gasteiger partial charge in [0.25, 0.3) is 0 Å². The molecule has 3 heterocycles. The molecule has 0 saturated carbocycles. The molecule has 0 spiro atoms. The number of rotatable bonds is 7. The Balaban J connectivity index is 1.65. The highest BCUT2D eigenvalue weighted by Gasteiger charge is 2.25. The van der Waals surface area contributed by atoms with Gasteiger partial charge >= 0.3 is 0 Å². The Morgan fingerprint density at radius 3 is 2.52 bits per heavy atom. The Labute approximate surface area is 185 Å². The Hall–Kier alpha value is -3.07. The largest absolute Gasteiger partial charge is 0.497 e. The SMILES string of the molecule is COc1ccc(-c2nnc(SC(C)c3nc(C(C)(C)C)no3)n2Cc2ccco2)cc1. The molecule has 31 heavy (non-hydrogen) atoms. The average Bonchev–Trinajstić information content (AvgIpc) is 3.50. The highest BCUT2D eigenvalue weighted by molar-refractivity contribution is 7.99.